The van der Waals surface area contributed by atoms with Gasteiger partial charge in [0.2, 0.25) is 0 Å². The highest BCUT2D eigenvalue weighted by Crippen LogP contribution is 2.23. The standard InChI is InChI=1S/C21H26N2O5/c1-4-28-18-8-6-5-7-17(18)23-20(25)19(24)22-14-21(2,26)13-15-9-11-16(27-3)12-10-15/h5-12,26H,4,13-14H2,1-3H3,(H,22,24)(H,23,25). The van der Waals surface area contributed by atoms with E-state index in [-0.39, 0.29) is 6.54 Å². The van der Waals surface area contributed by atoms with E-state index in [1.54, 1.807) is 50.4 Å². The van der Waals surface area contributed by atoms with E-state index in [9.17, 15) is 14.7 Å². The van der Waals surface area contributed by atoms with Gasteiger partial charge < -0.3 is 25.2 Å². The van der Waals surface area contributed by atoms with Gasteiger partial charge in [-0.2, -0.15) is 0 Å². The van der Waals surface area contributed by atoms with Crippen LogP contribution in [0.2, 0.25) is 0 Å². The van der Waals surface area contributed by atoms with E-state index in [0.717, 1.165) is 11.3 Å². The van der Waals surface area contributed by atoms with Gasteiger partial charge in [0.05, 0.1) is 25.0 Å². The Hall–Kier alpha value is -3.06. The number of carbonyl (C=O) groups is 2. The number of amides is 2. The van der Waals surface area contributed by atoms with Gasteiger partial charge in [-0.05, 0) is 43.7 Å². The van der Waals surface area contributed by atoms with Crippen molar-refractivity contribution >= 4 is 17.5 Å². The molecule has 7 nitrogen and oxygen atoms in total. The van der Waals surface area contributed by atoms with E-state index in [1.807, 2.05) is 19.1 Å². The van der Waals surface area contributed by atoms with E-state index in [1.165, 1.54) is 0 Å². The van der Waals surface area contributed by atoms with Gasteiger partial charge in [-0.3, -0.25) is 9.59 Å². The minimum absolute atomic E-state index is 0.0710. The summed E-state index contributed by atoms with van der Waals surface area (Å²) in [6.45, 7) is 3.79. The topological polar surface area (TPSA) is 96.9 Å². The lowest BCUT2D eigenvalue weighted by molar-refractivity contribution is -0.136. The molecule has 2 aromatic carbocycles. The predicted molar refractivity (Wildman–Crippen MR) is 107 cm³/mol. The van der Waals surface area contributed by atoms with Crippen molar-refractivity contribution in [3.05, 3.63) is 54.1 Å². The second kappa shape index (κ2) is 9.75. The summed E-state index contributed by atoms with van der Waals surface area (Å²) < 4.78 is 10.5. The van der Waals surface area contributed by atoms with Crippen molar-refractivity contribution in [1.82, 2.24) is 5.32 Å². The Morgan fingerprint density at radius 3 is 2.39 bits per heavy atom. The van der Waals surface area contributed by atoms with Crippen LogP contribution < -0.4 is 20.1 Å². The number of anilines is 1. The molecule has 0 spiro atoms. The molecule has 0 saturated heterocycles. The third-order valence-electron chi connectivity index (χ3n) is 4.02. The van der Waals surface area contributed by atoms with Crippen molar-refractivity contribution in [2.45, 2.75) is 25.9 Å². The first-order chi connectivity index (χ1) is 13.3. The molecule has 0 aliphatic carbocycles. The number of hydrogen-bond donors (Lipinski definition) is 3. The Labute approximate surface area is 164 Å². The van der Waals surface area contributed by atoms with Crippen LogP contribution in [0, 0.1) is 0 Å². The fraction of sp³-hybridized carbons (Fsp3) is 0.333. The summed E-state index contributed by atoms with van der Waals surface area (Å²) in [5.74, 6) is -0.452. The number of rotatable bonds is 8. The van der Waals surface area contributed by atoms with Crippen LogP contribution >= 0.6 is 0 Å². The summed E-state index contributed by atoms with van der Waals surface area (Å²) in [5.41, 5.74) is 0.0814. The Morgan fingerprint density at radius 1 is 1.07 bits per heavy atom. The first-order valence-electron chi connectivity index (χ1n) is 9.01. The fourth-order valence-corrected chi connectivity index (χ4v) is 2.63. The molecule has 1 atom stereocenters. The summed E-state index contributed by atoms with van der Waals surface area (Å²) in [7, 11) is 1.58. The lowest BCUT2D eigenvalue weighted by Gasteiger charge is -2.23. The highest BCUT2D eigenvalue weighted by molar-refractivity contribution is 6.39. The van der Waals surface area contributed by atoms with Crippen LogP contribution in [0.25, 0.3) is 0 Å². The minimum Gasteiger partial charge on any atom is -0.497 e. The molecule has 2 rings (SSSR count). The SMILES string of the molecule is CCOc1ccccc1NC(=O)C(=O)NCC(C)(O)Cc1ccc(OC)cc1. The Morgan fingerprint density at radius 2 is 1.75 bits per heavy atom. The van der Waals surface area contributed by atoms with Crippen LogP contribution in [0.15, 0.2) is 48.5 Å². The second-order valence-electron chi connectivity index (χ2n) is 6.59. The molecule has 0 fully saturated rings. The predicted octanol–water partition coefficient (Wildman–Crippen LogP) is 2.14. The average molecular weight is 386 g/mol. The maximum atomic E-state index is 12.1. The largest absolute Gasteiger partial charge is 0.497 e. The molecule has 1 unspecified atom stereocenters. The van der Waals surface area contributed by atoms with E-state index < -0.39 is 17.4 Å². The third kappa shape index (κ3) is 6.28. The van der Waals surface area contributed by atoms with Crippen LogP contribution in [0.4, 0.5) is 5.69 Å². The van der Waals surface area contributed by atoms with Crippen molar-refractivity contribution in [1.29, 1.82) is 0 Å². The van der Waals surface area contributed by atoms with Crippen LogP contribution in [0.1, 0.15) is 19.4 Å². The normalized spacial score (nSPS) is 12.6. The maximum absolute atomic E-state index is 12.1. The van der Waals surface area contributed by atoms with E-state index >= 15 is 0 Å². The Balaban J connectivity index is 1.90. The van der Waals surface area contributed by atoms with E-state index in [2.05, 4.69) is 10.6 Å². The summed E-state index contributed by atoms with van der Waals surface area (Å²) in [6.07, 6.45) is 0.312. The molecule has 150 valence electrons. The molecule has 2 amide bonds. The molecule has 3 N–H and O–H groups in total. The van der Waals surface area contributed by atoms with Gasteiger partial charge in [0.25, 0.3) is 0 Å². The Kier molecular flexibility index (Phi) is 7.40. The molecular formula is C21H26N2O5. The molecule has 0 aromatic heterocycles. The number of aliphatic hydroxyl groups is 1. The highest BCUT2D eigenvalue weighted by atomic mass is 16.5. The van der Waals surface area contributed by atoms with Gasteiger partial charge in [-0.25, -0.2) is 0 Å². The molecule has 0 radical (unpaired) electrons. The molecule has 7 heteroatoms. The number of carbonyl (C=O) groups excluding carboxylic acids is 2. The molecule has 28 heavy (non-hydrogen) atoms. The smallest absolute Gasteiger partial charge is 0.313 e. The van der Waals surface area contributed by atoms with Gasteiger partial charge in [0.1, 0.15) is 11.5 Å². The number of ether oxygens (including phenoxy) is 2. The second-order valence-corrected chi connectivity index (χ2v) is 6.59. The highest BCUT2D eigenvalue weighted by Gasteiger charge is 2.24. The monoisotopic (exact) mass is 386 g/mol. The zero-order valence-electron chi connectivity index (χ0n) is 16.3. The third-order valence-corrected chi connectivity index (χ3v) is 4.02. The summed E-state index contributed by atoms with van der Waals surface area (Å²) in [6, 6.07) is 14.1. The van der Waals surface area contributed by atoms with Crippen molar-refractivity contribution in [3.63, 3.8) is 0 Å². The Bertz CT molecular complexity index is 803. The van der Waals surface area contributed by atoms with Crippen molar-refractivity contribution in [3.8, 4) is 11.5 Å². The average Bonchev–Trinajstić information content (AvgIpc) is 2.68. The number of methoxy groups -OCH3 is 1. The summed E-state index contributed by atoms with van der Waals surface area (Å²) in [4.78, 5) is 24.2. The zero-order chi connectivity index (χ0) is 20.6. The molecule has 0 saturated carbocycles. The van der Waals surface area contributed by atoms with Gasteiger partial charge in [-0.1, -0.05) is 24.3 Å². The lowest BCUT2D eigenvalue weighted by atomic mass is 9.96. The summed E-state index contributed by atoms with van der Waals surface area (Å²) >= 11 is 0. The van der Waals surface area contributed by atoms with Gasteiger partial charge in [0, 0.05) is 13.0 Å². The number of nitrogens with one attached hydrogen (secondary N) is 2. The van der Waals surface area contributed by atoms with Gasteiger partial charge in [-0.15, -0.1) is 0 Å². The molecule has 0 heterocycles. The minimum atomic E-state index is -1.21. The summed E-state index contributed by atoms with van der Waals surface area (Å²) in [5, 5.41) is 15.5. The molecule has 2 aromatic rings. The molecule has 0 bridgehead atoms. The van der Waals surface area contributed by atoms with Gasteiger partial charge >= 0.3 is 11.8 Å². The van der Waals surface area contributed by atoms with Crippen LogP contribution in [-0.4, -0.2) is 42.8 Å². The van der Waals surface area contributed by atoms with Crippen molar-refractivity contribution < 1.29 is 24.2 Å². The maximum Gasteiger partial charge on any atom is 0.313 e. The molecule has 0 aliphatic heterocycles. The molecular weight excluding hydrogens is 360 g/mol. The quantitative estimate of drug-likeness (QED) is 0.604. The van der Waals surface area contributed by atoms with Crippen molar-refractivity contribution in [2.75, 3.05) is 25.6 Å². The zero-order valence-corrected chi connectivity index (χ0v) is 16.3. The number of benzene rings is 2. The van der Waals surface area contributed by atoms with Crippen LogP contribution in [0.5, 0.6) is 11.5 Å². The molecule has 0 aliphatic rings. The number of hydrogen-bond acceptors (Lipinski definition) is 5. The van der Waals surface area contributed by atoms with E-state index in [0.29, 0.717) is 24.5 Å². The van der Waals surface area contributed by atoms with Crippen molar-refractivity contribution in [2.24, 2.45) is 0 Å². The first-order valence-corrected chi connectivity index (χ1v) is 9.01. The number of para-hydroxylation sites is 2. The van der Waals surface area contributed by atoms with E-state index in [4.69, 9.17) is 9.47 Å². The fourth-order valence-electron chi connectivity index (χ4n) is 2.63. The first kappa shape index (κ1) is 21.2. The van der Waals surface area contributed by atoms with Gasteiger partial charge in [0.15, 0.2) is 0 Å². The van der Waals surface area contributed by atoms with Crippen LogP contribution in [-0.2, 0) is 16.0 Å². The van der Waals surface area contributed by atoms with Crippen LogP contribution in [0.3, 0.4) is 0 Å². The lowest BCUT2D eigenvalue weighted by Crippen LogP contribution is -2.45.